The maximum absolute atomic E-state index is 11.5. The van der Waals surface area contributed by atoms with E-state index in [2.05, 4.69) is 10.6 Å². The van der Waals surface area contributed by atoms with Crippen molar-refractivity contribution in [1.29, 1.82) is 0 Å². The zero-order valence-electron chi connectivity index (χ0n) is 10.8. The molecule has 1 heterocycles. The van der Waals surface area contributed by atoms with Crippen LogP contribution in [-0.2, 0) is 9.59 Å². The molecule has 1 aromatic carbocycles. The van der Waals surface area contributed by atoms with Gasteiger partial charge in [0.2, 0.25) is 0 Å². The van der Waals surface area contributed by atoms with Crippen LogP contribution in [0.3, 0.4) is 0 Å². The minimum atomic E-state index is -0.911. The third-order valence-corrected chi connectivity index (χ3v) is 3.04. The quantitative estimate of drug-likeness (QED) is 0.748. The Morgan fingerprint density at radius 1 is 1.58 bits per heavy atom. The third-order valence-electron chi connectivity index (χ3n) is 3.04. The molecule has 0 saturated heterocycles. The van der Waals surface area contributed by atoms with Crippen molar-refractivity contribution >= 4 is 17.6 Å². The van der Waals surface area contributed by atoms with E-state index in [0.717, 1.165) is 0 Å². The Bertz CT molecular complexity index is 515. The molecule has 6 heteroatoms. The molecule has 1 amide bonds. The lowest BCUT2D eigenvalue weighted by Crippen LogP contribution is -2.34. The van der Waals surface area contributed by atoms with Crippen molar-refractivity contribution in [3.8, 4) is 5.75 Å². The number of carboxylic acids is 1. The number of hydrogen-bond acceptors (Lipinski definition) is 4. The number of amides is 1. The van der Waals surface area contributed by atoms with Crippen LogP contribution in [0.4, 0.5) is 5.69 Å². The van der Waals surface area contributed by atoms with Crippen molar-refractivity contribution in [3.05, 3.63) is 23.8 Å². The second-order valence-electron chi connectivity index (χ2n) is 4.45. The molecule has 0 saturated carbocycles. The number of nitrogens with one attached hydrogen (secondary N) is 2. The van der Waals surface area contributed by atoms with Crippen LogP contribution in [0.15, 0.2) is 18.2 Å². The molecule has 0 bridgehead atoms. The summed E-state index contributed by atoms with van der Waals surface area (Å²) in [7, 11) is 1.70. The Morgan fingerprint density at radius 2 is 2.32 bits per heavy atom. The van der Waals surface area contributed by atoms with E-state index in [-0.39, 0.29) is 5.91 Å². The Kier molecular flexibility index (Phi) is 3.71. The molecule has 1 aliphatic heterocycles. The molecule has 0 fully saturated rings. The lowest BCUT2D eigenvalue weighted by Gasteiger charge is -2.24. The SMILES string of the molecule is CNCC(C(=O)O)c1ccc2c(c1)NC(=O)C(C)O2. The van der Waals surface area contributed by atoms with Gasteiger partial charge < -0.3 is 20.5 Å². The number of carboxylic acid groups (broad SMARTS) is 1. The number of ether oxygens (including phenoxy) is 1. The number of carbonyl (C=O) groups is 2. The summed E-state index contributed by atoms with van der Waals surface area (Å²) < 4.78 is 5.42. The summed E-state index contributed by atoms with van der Waals surface area (Å²) >= 11 is 0. The minimum Gasteiger partial charge on any atom is -0.481 e. The predicted molar refractivity (Wildman–Crippen MR) is 69.5 cm³/mol. The maximum Gasteiger partial charge on any atom is 0.312 e. The molecule has 1 aromatic rings. The van der Waals surface area contributed by atoms with Crippen LogP contribution in [0.2, 0.25) is 0 Å². The lowest BCUT2D eigenvalue weighted by molar-refractivity contribution is -0.138. The first kappa shape index (κ1) is 13.4. The van der Waals surface area contributed by atoms with E-state index in [9.17, 15) is 14.7 Å². The molecule has 2 unspecified atom stereocenters. The van der Waals surface area contributed by atoms with Gasteiger partial charge in [-0.25, -0.2) is 0 Å². The summed E-state index contributed by atoms with van der Waals surface area (Å²) in [4.78, 5) is 22.7. The summed E-state index contributed by atoms with van der Waals surface area (Å²) in [5, 5.41) is 14.8. The van der Waals surface area contributed by atoms with Crippen molar-refractivity contribution in [3.63, 3.8) is 0 Å². The number of rotatable bonds is 4. The number of anilines is 1. The van der Waals surface area contributed by atoms with E-state index in [1.165, 1.54) is 0 Å². The number of fused-ring (bicyclic) bond motifs is 1. The summed E-state index contributed by atoms with van der Waals surface area (Å²) in [5.41, 5.74) is 1.14. The predicted octanol–water partition coefficient (Wildman–Crippen LogP) is 0.794. The maximum atomic E-state index is 11.5. The standard InChI is InChI=1S/C13H16N2O4/c1-7-12(16)15-10-5-8(3-4-11(10)19-7)9(6-14-2)13(17)18/h3-5,7,9,14H,6H2,1-2H3,(H,15,16)(H,17,18). The van der Waals surface area contributed by atoms with E-state index < -0.39 is 18.0 Å². The highest BCUT2D eigenvalue weighted by Gasteiger charge is 2.26. The van der Waals surface area contributed by atoms with Gasteiger partial charge in [-0.2, -0.15) is 0 Å². The van der Waals surface area contributed by atoms with Gasteiger partial charge >= 0.3 is 5.97 Å². The largest absolute Gasteiger partial charge is 0.481 e. The van der Waals surface area contributed by atoms with E-state index in [4.69, 9.17) is 4.74 Å². The van der Waals surface area contributed by atoms with E-state index in [1.807, 2.05) is 0 Å². The van der Waals surface area contributed by atoms with Gasteiger partial charge in [-0.3, -0.25) is 9.59 Å². The molecule has 0 radical (unpaired) electrons. The van der Waals surface area contributed by atoms with Crippen LogP contribution in [0, 0.1) is 0 Å². The monoisotopic (exact) mass is 264 g/mol. The van der Waals surface area contributed by atoms with Gasteiger partial charge in [0.1, 0.15) is 5.75 Å². The fraction of sp³-hybridized carbons (Fsp3) is 0.385. The highest BCUT2D eigenvalue weighted by atomic mass is 16.5. The Labute approximate surface area is 110 Å². The van der Waals surface area contributed by atoms with Crippen LogP contribution in [0.1, 0.15) is 18.4 Å². The molecule has 0 aliphatic carbocycles. The average Bonchev–Trinajstić information content (AvgIpc) is 2.36. The molecular weight excluding hydrogens is 248 g/mol. The highest BCUT2D eigenvalue weighted by molar-refractivity contribution is 5.97. The van der Waals surface area contributed by atoms with Gasteiger partial charge in [0, 0.05) is 6.54 Å². The third kappa shape index (κ3) is 2.68. The average molecular weight is 264 g/mol. The zero-order valence-corrected chi connectivity index (χ0v) is 10.8. The summed E-state index contributed by atoms with van der Waals surface area (Å²) in [6, 6.07) is 5.04. The molecule has 0 aromatic heterocycles. The summed E-state index contributed by atoms with van der Waals surface area (Å²) in [5.74, 6) is -1.24. The van der Waals surface area contributed by atoms with Crippen molar-refractivity contribution in [1.82, 2.24) is 5.32 Å². The van der Waals surface area contributed by atoms with Crippen LogP contribution in [0.5, 0.6) is 5.75 Å². The molecule has 102 valence electrons. The van der Waals surface area contributed by atoms with Crippen molar-refractivity contribution in [2.75, 3.05) is 18.9 Å². The van der Waals surface area contributed by atoms with E-state index >= 15 is 0 Å². The summed E-state index contributed by atoms with van der Waals surface area (Å²) in [6.07, 6.45) is -0.536. The molecule has 2 atom stereocenters. The number of carbonyl (C=O) groups excluding carboxylic acids is 1. The Balaban J connectivity index is 2.32. The molecular formula is C13H16N2O4. The molecule has 1 aliphatic rings. The van der Waals surface area contributed by atoms with Crippen molar-refractivity contribution < 1.29 is 19.4 Å². The number of hydrogen-bond donors (Lipinski definition) is 3. The second kappa shape index (κ2) is 5.27. The fourth-order valence-corrected chi connectivity index (χ4v) is 1.99. The summed E-state index contributed by atoms with van der Waals surface area (Å²) in [6.45, 7) is 1.98. The van der Waals surface area contributed by atoms with Crippen LogP contribution >= 0.6 is 0 Å². The van der Waals surface area contributed by atoms with Crippen molar-refractivity contribution in [2.24, 2.45) is 0 Å². The molecule has 2 rings (SSSR count). The van der Waals surface area contributed by atoms with Crippen LogP contribution in [0.25, 0.3) is 0 Å². The molecule has 6 nitrogen and oxygen atoms in total. The van der Waals surface area contributed by atoms with Gasteiger partial charge in [-0.1, -0.05) is 6.07 Å². The van der Waals surface area contributed by atoms with Crippen LogP contribution in [-0.4, -0.2) is 36.7 Å². The number of benzene rings is 1. The minimum absolute atomic E-state index is 0.231. The Morgan fingerprint density at radius 3 is 2.95 bits per heavy atom. The number of aliphatic carboxylic acids is 1. The number of likely N-dealkylation sites (N-methyl/N-ethyl adjacent to an activating group) is 1. The van der Waals surface area contributed by atoms with E-state index in [1.54, 1.807) is 32.2 Å². The highest BCUT2D eigenvalue weighted by Crippen LogP contribution is 2.32. The molecule has 3 N–H and O–H groups in total. The van der Waals surface area contributed by atoms with E-state index in [0.29, 0.717) is 23.5 Å². The zero-order chi connectivity index (χ0) is 14.0. The Hall–Kier alpha value is -2.08. The van der Waals surface area contributed by atoms with Gasteiger partial charge in [0.25, 0.3) is 5.91 Å². The fourth-order valence-electron chi connectivity index (χ4n) is 1.99. The normalized spacial score (nSPS) is 19.1. The van der Waals surface area contributed by atoms with Crippen molar-refractivity contribution in [2.45, 2.75) is 18.9 Å². The first-order valence-electron chi connectivity index (χ1n) is 6.01. The first-order valence-corrected chi connectivity index (χ1v) is 6.01. The molecule has 0 spiro atoms. The second-order valence-corrected chi connectivity index (χ2v) is 4.45. The van der Waals surface area contributed by atoms with Gasteiger partial charge in [-0.05, 0) is 31.7 Å². The smallest absolute Gasteiger partial charge is 0.312 e. The topological polar surface area (TPSA) is 87.7 Å². The first-order chi connectivity index (χ1) is 9.02. The van der Waals surface area contributed by atoms with Gasteiger partial charge in [0.15, 0.2) is 6.10 Å². The van der Waals surface area contributed by atoms with Gasteiger partial charge in [-0.15, -0.1) is 0 Å². The van der Waals surface area contributed by atoms with Gasteiger partial charge in [0.05, 0.1) is 11.6 Å². The molecule has 19 heavy (non-hydrogen) atoms. The lowest BCUT2D eigenvalue weighted by atomic mass is 9.98. The van der Waals surface area contributed by atoms with Crippen LogP contribution < -0.4 is 15.4 Å².